The van der Waals surface area contributed by atoms with E-state index in [-0.39, 0.29) is 29.4 Å². The summed E-state index contributed by atoms with van der Waals surface area (Å²) in [4.78, 5) is 14.4. The highest BCUT2D eigenvalue weighted by Gasteiger charge is 2.36. The number of nitrogens with two attached hydrogens (primary N) is 1. The fourth-order valence-electron chi connectivity index (χ4n) is 2.75. The molecule has 2 N–H and O–H groups in total. The second-order valence-electron chi connectivity index (χ2n) is 5.66. The maximum Gasteiger partial charge on any atom is 0.227 e. The Morgan fingerprint density at radius 3 is 2.50 bits per heavy atom. The SMILES string of the molecule is CCCCN(C(=O)C(CN)CCC)C1CCS(=O)(=O)C1. The maximum atomic E-state index is 12.6. The van der Waals surface area contributed by atoms with E-state index in [0.29, 0.717) is 19.5 Å². The lowest BCUT2D eigenvalue weighted by Crippen LogP contribution is -2.46. The second kappa shape index (κ2) is 7.98. The van der Waals surface area contributed by atoms with Gasteiger partial charge in [0.2, 0.25) is 5.91 Å². The topological polar surface area (TPSA) is 80.5 Å². The number of carbonyl (C=O) groups is 1. The molecule has 118 valence electrons. The molecule has 0 aliphatic carbocycles. The van der Waals surface area contributed by atoms with Gasteiger partial charge < -0.3 is 10.6 Å². The van der Waals surface area contributed by atoms with Gasteiger partial charge in [-0.05, 0) is 19.3 Å². The summed E-state index contributed by atoms with van der Waals surface area (Å²) in [6.45, 7) is 5.09. The fraction of sp³-hybridized carbons (Fsp3) is 0.929. The molecule has 20 heavy (non-hydrogen) atoms. The molecule has 0 saturated carbocycles. The standard InChI is InChI=1S/C14H28N2O3S/c1-3-5-8-16(13-7-9-20(18,19)11-13)14(17)12(10-15)6-4-2/h12-13H,3-11,15H2,1-2H3. The first kappa shape index (κ1) is 17.4. The van der Waals surface area contributed by atoms with Crippen molar-refractivity contribution < 1.29 is 13.2 Å². The number of rotatable bonds is 8. The Labute approximate surface area is 122 Å². The summed E-state index contributed by atoms with van der Waals surface area (Å²) in [5.74, 6) is 0.200. The number of sulfone groups is 1. The maximum absolute atomic E-state index is 12.6. The summed E-state index contributed by atoms with van der Waals surface area (Å²) in [6, 6.07) is -0.148. The lowest BCUT2D eigenvalue weighted by Gasteiger charge is -2.31. The minimum Gasteiger partial charge on any atom is -0.338 e. The van der Waals surface area contributed by atoms with Crippen molar-refractivity contribution in [1.82, 2.24) is 4.90 Å². The lowest BCUT2D eigenvalue weighted by molar-refractivity contribution is -0.137. The quantitative estimate of drug-likeness (QED) is 0.730. The highest BCUT2D eigenvalue weighted by molar-refractivity contribution is 7.91. The Kier molecular flexibility index (Phi) is 6.95. The molecule has 1 heterocycles. The van der Waals surface area contributed by atoms with E-state index in [1.807, 2.05) is 6.92 Å². The minimum absolute atomic E-state index is 0.0462. The number of unbranched alkanes of at least 4 members (excludes halogenated alkanes) is 1. The largest absolute Gasteiger partial charge is 0.338 e. The van der Waals surface area contributed by atoms with Crippen LogP contribution < -0.4 is 5.73 Å². The summed E-state index contributed by atoms with van der Waals surface area (Å²) in [7, 11) is -2.97. The van der Waals surface area contributed by atoms with Crippen LogP contribution in [0, 0.1) is 5.92 Å². The van der Waals surface area contributed by atoms with Crippen molar-refractivity contribution in [2.24, 2.45) is 11.7 Å². The van der Waals surface area contributed by atoms with E-state index in [2.05, 4.69) is 6.92 Å². The number of hydrogen-bond acceptors (Lipinski definition) is 4. The highest BCUT2D eigenvalue weighted by atomic mass is 32.2. The average Bonchev–Trinajstić information content (AvgIpc) is 2.76. The van der Waals surface area contributed by atoms with Gasteiger partial charge in [0.1, 0.15) is 0 Å². The van der Waals surface area contributed by atoms with E-state index in [4.69, 9.17) is 5.73 Å². The predicted molar refractivity (Wildman–Crippen MR) is 81.1 cm³/mol. The molecule has 0 aromatic carbocycles. The molecule has 1 saturated heterocycles. The van der Waals surface area contributed by atoms with Crippen LogP contribution in [0.15, 0.2) is 0 Å². The molecule has 6 heteroatoms. The molecule has 0 radical (unpaired) electrons. The van der Waals surface area contributed by atoms with Crippen LogP contribution in [0.4, 0.5) is 0 Å². The third-order valence-electron chi connectivity index (χ3n) is 3.96. The Morgan fingerprint density at radius 2 is 2.05 bits per heavy atom. The van der Waals surface area contributed by atoms with Gasteiger partial charge in [0.15, 0.2) is 9.84 Å². The molecule has 2 unspecified atom stereocenters. The number of nitrogens with zero attached hydrogens (tertiary/aromatic N) is 1. The molecule has 1 amide bonds. The van der Waals surface area contributed by atoms with Crippen LogP contribution in [0.5, 0.6) is 0 Å². The Bertz CT molecular complexity index is 409. The molecular weight excluding hydrogens is 276 g/mol. The third kappa shape index (κ3) is 4.74. The van der Waals surface area contributed by atoms with Crippen LogP contribution in [-0.4, -0.2) is 49.9 Å². The Hall–Kier alpha value is -0.620. The van der Waals surface area contributed by atoms with Crippen LogP contribution in [-0.2, 0) is 14.6 Å². The average molecular weight is 304 g/mol. The minimum atomic E-state index is -2.97. The molecular formula is C14H28N2O3S. The van der Waals surface area contributed by atoms with Gasteiger partial charge in [-0.1, -0.05) is 26.7 Å². The van der Waals surface area contributed by atoms with Crippen molar-refractivity contribution >= 4 is 15.7 Å². The van der Waals surface area contributed by atoms with Crippen molar-refractivity contribution in [3.8, 4) is 0 Å². The zero-order chi connectivity index (χ0) is 15.2. The van der Waals surface area contributed by atoms with Gasteiger partial charge in [-0.15, -0.1) is 0 Å². The van der Waals surface area contributed by atoms with Crippen molar-refractivity contribution in [2.75, 3.05) is 24.6 Å². The molecule has 0 aromatic heterocycles. The molecule has 1 fully saturated rings. The van der Waals surface area contributed by atoms with Crippen molar-refractivity contribution in [1.29, 1.82) is 0 Å². The first-order valence-electron chi connectivity index (χ1n) is 7.66. The van der Waals surface area contributed by atoms with Crippen LogP contribution in [0.25, 0.3) is 0 Å². The molecule has 2 atom stereocenters. The van der Waals surface area contributed by atoms with Crippen LogP contribution >= 0.6 is 0 Å². The van der Waals surface area contributed by atoms with Crippen molar-refractivity contribution in [3.05, 3.63) is 0 Å². The Balaban J connectivity index is 2.80. The van der Waals surface area contributed by atoms with Crippen LogP contribution in [0.3, 0.4) is 0 Å². The highest BCUT2D eigenvalue weighted by Crippen LogP contribution is 2.21. The van der Waals surface area contributed by atoms with Gasteiger partial charge in [0, 0.05) is 19.1 Å². The third-order valence-corrected chi connectivity index (χ3v) is 5.71. The van der Waals surface area contributed by atoms with Gasteiger partial charge >= 0.3 is 0 Å². The number of amides is 1. The normalized spacial score (nSPS) is 22.6. The molecule has 1 rings (SSSR count). The van der Waals surface area contributed by atoms with Gasteiger partial charge in [-0.3, -0.25) is 4.79 Å². The first-order chi connectivity index (χ1) is 9.45. The van der Waals surface area contributed by atoms with Gasteiger partial charge in [-0.2, -0.15) is 0 Å². The summed E-state index contributed by atoms with van der Waals surface area (Å²) in [5.41, 5.74) is 5.71. The van der Waals surface area contributed by atoms with Crippen LogP contribution in [0.1, 0.15) is 46.0 Å². The van der Waals surface area contributed by atoms with Gasteiger partial charge in [0.05, 0.1) is 17.4 Å². The van der Waals surface area contributed by atoms with E-state index in [1.54, 1.807) is 4.90 Å². The van der Waals surface area contributed by atoms with E-state index in [0.717, 1.165) is 25.7 Å². The first-order valence-corrected chi connectivity index (χ1v) is 9.48. The van der Waals surface area contributed by atoms with E-state index >= 15 is 0 Å². The van der Waals surface area contributed by atoms with Gasteiger partial charge in [0.25, 0.3) is 0 Å². The number of carbonyl (C=O) groups excluding carboxylic acids is 1. The zero-order valence-electron chi connectivity index (χ0n) is 12.7. The molecule has 0 aromatic rings. The van der Waals surface area contributed by atoms with Gasteiger partial charge in [-0.25, -0.2) is 8.42 Å². The Morgan fingerprint density at radius 1 is 1.35 bits per heavy atom. The van der Waals surface area contributed by atoms with E-state index < -0.39 is 9.84 Å². The molecule has 1 aliphatic rings. The molecule has 1 aliphatic heterocycles. The fourth-order valence-corrected chi connectivity index (χ4v) is 4.48. The van der Waals surface area contributed by atoms with Crippen molar-refractivity contribution in [3.63, 3.8) is 0 Å². The van der Waals surface area contributed by atoms with E-state index in [9.17, 15) is 13.2 Å². The summed E-state index contributed by atoms with van der Waals surface area (Å²) in [5, 5.41) is 0. The zero-order valence-corrected chi connectivity index (χ0v) is 13.5. The summed E-state index contributed by atoms with van der Waals surface area (Å²) >= 11 is 0. The smallest absolute Gasteiger partial charge is 0.227 e. The summed E-state index contributed by atoms with van der Waals surface area (Å²) < 4.78 is 23.3. The second-order valence-corrected chi connectivity index (χ2v) is 7.89. The van der Waals surface area contributed by atoms with Crippen LogP contribution in [0.2, 0.25) is 0 Å². The molecule has 0 bridgehead atoms. The number of hydrogen-bond donors (Lipinski definition) is 1. The molecule has 0 spiro atoms. The predicted octanol–water partition coefficient (Wildman–Crippen LogP) is 1.18. The summed E-state index contributed by atoms with van der Waals surface area (Å²) in [6.07, 6.45) is 4.16. The van der Waals surface area contributed by atoms with Crippen molar-refractivity contribution in [2.45, 2.75) is 52.0 Å². The molecule has 5 nitrogen and oxygen atoms in total. The van der Waals surface area contributed by atoms with E-state index in [1.165, 1.54) is 0 Å². The monoisotopic (exact) mass is 304 g/mol. The lowest BCUT2D eigenvalue weighted by atomic mass is 10.0.